The highest BCUT2D eigenvalue weighted by Gasteiger charge is 2.05. The van der Waals surface area contributed by atoms with E-state index in [1.165, 1.54) is 6.07 Å². The van der Waals surface area contributed by atoms with Gasteiger partial charge in [0.15, 0.2) is 5.96 Å². The van der Waals surface area contributed by atoms with E-state index in [2.05, 4.69) is 15.6 Å². The lowest BCUT2D eigenvalue weighted by Gasteiger charge is -2.11. The number of nitrogens with one attached hydrogen (secondary N) is 2. The Morgan fingerprint density at radius 1 is 1.23 bits per heavy atom. The molecule has 0 aliphatic carbocycles. The first-order valence-corrected chi connectivity index (χ1v) is 7.15. The first-order valence-electron chi connectivity index (χ1n) is 7.15. The molecular weight excluding hydrogens is 286 g/mol. The maximum absolute atomic E-state index is 13.6. The van der Waals surface area contributed by atoms with Crippen LogP contribution < -0.4 is 10.6 Å². The molecule has 0 saturated carbocycles. The van der Waals surface area contributed by atoms with E-state index in [1.54, 1.807) is 0 Å². The van der Waals surface area contributed by atoms with Crippen LogP contribution in [0.25, 0.3) is 0 Å². The van der Waals surface area contributed by atoms with Gasteiger partial charge in [0.1, 0.15) is 11.6 Å². The Labute approximate surface area is 128 Å². The van der Waals surface area contributed by atoms with E-state index < -0.39 is 11.6 Å². The minimum atomic E-state index is -0.454. The molecule has 2 rings (SSSR count). The molecule has 4 nitrogen and oxygen atoms in total. The van der Waals surface area contributed by atoms with E-state index in [-0.39, 0.29) is 12.1 Å². The molecule has 0 fully saturated rings. The van der Waals surface area contributed by atoms with Crippen molar-refractivity contribution < 1.29 is 8.78 Å². The quantitative estimate of drug-likeness (QED) is 0.658. The third-order valence-electron chi connectivity index (χ3n) is 3.11. The zero-order chi connectivity index (χ0) is 15.9. The molecule has 118 valence electrons. The number of benzene rings is 1. The van der Waals surface area contributed by atoms with E-state index >= 15 is 0 Å². The molecule has 0 amide bonds. The van der Waals surface area contributed by atoms with Crippen LogP contribution in [-0.4, -0.2) is 17.1 Å². The number of hydrogen-bond acceptors (Lipinski definition) is 1. The molecule has 6 heteroatoms. The summed E-state index contributed by atoms with van der Waals surface area (Å²) in [6, 6.07) is 5.40. The monoisotopic (exact) mass is 306 g/mol. The third-order valence-corrected chi connectivity index (χ3v) is 3.11. The molecule has 1 aromatic heterocycles. The zero-order valence-electron chi connectivity index (χ0n) is 12.7. The normalized spacial score (nSPS) is 11.5. The van der Waals surface area contributed by atoms with Gasteiger partial charge >= 0.3 is 0 Å². The smallest absolute Gasteiger partial charge is 0.191 e. The van der Waals surface area contributed by atoms with E-state index in [4.69, 9.17) is 0 Å². The lowest BCUT2D eigenvalue weighted by Crippen LogP contribution is -2.37. The van der Waals surface area contributed by atoms with Crippen LogP contribution in [0.1, 0.15) is 18.1 Å². The molecule has 0 saturated heterocycles. The standard InChI is InChI=1S/C16H20F2N4/c1-3-19-16(20-9-12-6-7-22(2)11-12)21-10-13-8-14(17)4-5-15(13)18/h4-8,11H,3,9-10H2,1-2H3,(H2,19,20,21). The number of nitrogens with zero attached hydrogens (tertiary/aromatic N) is 2. The number of guanidine groups is 1. The number of halogens is 2. The van der Waals surface area contributed by atoms with Gasteiger partial charge in [0.25, 0.3) is 0 Å². The van der Waals surface area contributed by atoms with Gasteiger partial charge in [-0.3, -0.25) is 0 Å². The van der Waals surface area contributed by atoms with E-state index in [0.717, 1.165) is 17.7 Å². The highest BCUT2D eigenvalue weighted by molar-refractivity contribution is 5.79. The lowest BCUT2D eigenvalue weighted by molar-refractivity contribution is 0.581. The number of aromatic nitrogens is 1. The van der Waals surface area contributed by atoms with Gasteiger partial charge in [-0.05, 0) is 36.8 Å². The summed E-state index contributed by atoms with van der Waals surface area (Å²) in [5.41, 5.74) is 1.35. The fraction of sp³-hybridized carbons (Fsp3) is 0.312. The Kier molecular flexibility index (Phi) is 5.52. The van der Waals surface area contributed by atoms with Gasteiger partial charge in [-0.25, -0.2) is 13.8 Å². The second kappa shape index (κ2) is 7.59. The van der Waals surface area contributed by atoms with Crippen LogP contribution in [0.4, 0.5) is 8.78 Å². The molecule has 0 spiro atoms. The molecule has 2 N–H and O–H groups in total. The Morgan fingerprint density at radius 2 is 2.05 bits per heavy atom. The zero-order valence-corrected chi connectivity index (χ0v) is 12.7. The van der Waals surface area contributed by atoms with Gasteiger partial charge < -0.3 is 15.2 Å². The van der Waals surface area contributed by atoms with Gasteiger partial charge in [0.05, 0.1) is 6.54 Å². The molecule has 1 heterocycles. The third kappa shape index (κ3) is 4.58. The van der Waals surface area contributed by atoms with E-state index in [1.807, 2.05) is 37.0 Å². The SMILES string of the molecule is CCNC(=NCc1ccn(C)c1)NCc1cc(F)ccc1F. The molecule has 0 radical (unpaired) electrons. The van der Waals surface area contributed by atoms with Crippen molar-refractivity contribution in [1.29, 1.82) is 0 Å². The second-order valence-electron chi connectivity index (χ2n) is 4.97. The van der Waals surface area contributed by atoms with Crippen molar-refractivity contribution >= 4 is 5.96 Å². The van der Waals surface area contributed by atoms with E-state index in [9.17, 15) is 8.78 Å². The van der Waals surface area contributed by atoms with Crippen LogP contribution >= 0.6 is 0 Å². The predicted octanol–water partition coefficient (Wildman–Crippen LogP) is 2.56. The van der Waals surface area contributed by atoms with Gasteiger partial charge in [-0.15, -0.1) is 0 Å². The predicted molar refractivity (Wildman–Crippen MR) is 83.4 cm³/mol. The van der Waals surface area contributed by atoms with Crippen molar-refractivity contribution in [3.8, 4) is 0 Å². The maximum Gasteiger partial charge on any atom is 0.191 e. The number of aliphatic imine (C=N–C) groups is 1. The summed E-state index contributed by atoms with van der Waals surface area (Å²) < 4.78 is 28.7. The topological polar surface area (TPSA) is 41.4 Å². The summed E-state index contributed by atoms with van der Waals surface area (Å²) in [5.74, 6) is -0.327. The molecular formula is C16H20F2N4. The van der Waals surface area contributed by atoms with Gasteiger partial charge in [0, 0.05) is 38.1 Å². The second-order valence-corrected chi connectivity index (χ2v) is 4.97. The van der Waals surface area contributed by atoms with Crippen molar-refractivity contribution in [1.82, 2.24) is 15.2 Å². The Morgan fingerprint density at radius 3 is 2.73 bits per heavy atom. The van der Waals surface area contributed by atoms with Gasteiger partial charge in [-0.2, -0.15) is 0 Å². The number of hydrogen-bond donors (Lipinski definition) is 2. The van der Waals surface area contributed by atoms with Crippen molar-refractivity contribution in [3.63, 3.8) is 0 Å². The molecule has 0 aliphatic heterocycles. The van der Waals surface area contributed by atoms with Crippen LogP contribution in [0.3, 0.4) is 0 Å². The Bertz CT molecular complexity index is 649. The van der Waals surface area contributed by atoms with Crippen LogP contribution in [-0.2, 0) is 20.1 Å². The summed E-state index contributed by atoms with van der Waals surface area (Å²) in [6.07, 6.45) is 3.94. The van der Waals surface area contributed by atoms with Crippen molar-refractivity contribution in [2.75, 3.05) is 6.54 Å². The summed E-state index contributed by atoms with van der Waals surface area (Å²) in [6.45, 7) is 3.32. The first kappa shape index (κ1) is 16.0. The van der Waals surface area contributed by atoms with Crippen molar-refractivity contribution in [2.24, 2.45) is 12.0 Å². The molecule has 0 unspecified atom stereocenters. The summed E-state index contributed by atoms with van der Waals surface area (Å²) in [7, 11) is 1.95. The number of aryl methyl sites for hydroxylation is 1. The summed E-state index contributed by atoms with van der Waals surface area (Å²) >= 11 is 0. The highest BCUT2D eigenvalue weighted by Crippen LogP contribution is 2.09. The Balaban J connectivity index is 2.00. The molecule has 0 bridgehead atoms. The fourth-order valence-corrected chi connectivity index (χ4v) is 2.02. The van der Waals surface area contributed by atoms with E-state index in [0.29, 0.717) is 19.0 Å². The first-order chi connectivity index (χ1) is 10.6. The van der Waals surface area contributed by atoms with Crippen LogP contribution in [0.5, 0.6) is 0 Å². The minimum Gasteiger partial charge on any atom is -0.357 e. The van der Waals surface area contributed by atoms with Gasteiger partial charge in [-0.1, -0.05) is 0 Å². The Hall–Kier alpha value is -2.37. The molecule has 0 atom stereocenters. The highest BCUT2D eigenvalue weighted by atomic mass is 19.1. The molecule has 2 aromatic rings. The number of rotatable bonds is 5. The maximum atomic E-state index is 13.6. The lowest BCUT2D eigenvalue weighted by atomic mass is 10.2. The fourth-order valence-electron chi connectivity index (χ4n) is 2.02. The molecule has 1 aromatic carbocycles. The van der Waals surface area contributed by atoms with Gasteiger partial charge in [0.2, 0.25) is 0 Å². The largest absolute Gasteiger partial charge is 0.357 e. The average Bonchev–Trinajstić information content (AvgIpc) is 2.91. The van der Waals surface area contributed by atoms with Crippen LogP contribution in [0.15, 0.2) is 41.7 Å². The molecule has 0 aliphatic rings. The van der Waals surface area contributed by atoms with Crippen LogP contribution in [0, 0.1) is 11.6 Å². The summed E-state index contributed by atoms with van der Waals surface area (Å²) in [4.78, 5) is 4.43. The van der Waals surface area contributed by atoms with Crippen LogP contribution in [0.2, 0.25) is 0 Å². The minimum absolute atomic E-state index is 0.171. The average molecular weight is 306 g/mol. The molecule has 22 heavy (non-hydrogen) atoms. The van der Waals surface area contributed by atoms with Crippen molar-refractivity contribution in [3.05, 3.63) is 59.4 Å². The summed E-state index contributed by atoms with van der Waals surface area (Å²) in [5, 5.41) is 6.09. The van der Waals surface area contributed by atoms with Crippen molar-refractivity contribution in [2.45, 2.75) is 20.0 Å².